The number of hydrogen-bond acceptors (Lipinski definition) is 12. The number of esters is 4. The molecule has 0 saturated carbocycles. The number of carbonyl (C=O) groups excluding carboxylic acids is 4. The van der Waals surface area contributed by atoms with Crippen molar-refractivity contribution >= 4 is 87.1 Å². The SMILES string of the molecule is COC(=O)C1=C(C(=O)OC)SC(=C(C#CC#CC#CC#CC(C#C[Si](C(C)C)(C(C)C)C(C)C)=C2SC(C(=O)OC)=C(C(=O)OC)S2)C#C[Si](C(C)C)(C(C)C)C(C)C)S1. The van der Waals surface area contributed by atoms with E-state index >= 15 is 0 Å². The standard InChI is InChI=1S/C46H54O8S4Si2/c1-29(2)59(30(3)4,31(5)6)27-25-35(45-55-37(41(47)51-13)38(56-45)42(48)52-14)23-21-19-17-18-20-22-24-36(26-28-60(32(7)8,33(9)10)34(11)12)46-57-39(43(49)53-15)40(58-46)44(50)54-16/h29-34H,1-16H3. The second-order valence-electron chi connectivity index (χ2n) is 15.3. The molecule has 0 spiro atoms. The van der Waals surface area contributed by atoms with Crippen LogP contribution in [0.2, 0.25) is 33.2 Å². The lowest BCUT2D eigenvalue weighted by Crippen LogP contribution is -2.43. The van der Waals surface area contributed by atoms with Crippen LogP contribution in [-0.2, 0) is 38.1 Å². The predicted octanol–water partition coefficient (Wildman–Crippen LogP) is 9.94. The van der Waals surface area contributed by atoms with Gasteiger partial charge in [-0.05, 0) is 80.6 Å². The van der Waals surface area contributed by atoms with Crippen LogP contribution in [0, 0.1) is 70.3 Å². The van der Waals surface area contributed by atoms with E-state index in [9.17, 15) is 19.2 Å². The van der Waals surface area contributed by atoms with Crippen LogP contribution in [0.1, 0.15) is 83.1 Å². The molecule has 0 aromatic carbocycles. The maximum atomic E-state index is 12.7. The molecule has 318 valence electrons. The van der Waals surface area contributed by atoms with E-state index in [0.717, 1.165) is 47.0 Å². The lowest BCUT2D eigenvalue weighted by molar-refractivity contribution is -0.138. The van der Waals surface area contributed by atoms with Crippen molar-refractivity contribution in [1.82, 2.24) is 0 Å². The average molecular weight is 919 g/mol. The fraction of sp³-hybridized carbons (Fsp3) is 0.478. The summed E-state index contributed by atoms with van der Waals surface area (Å²) in [5, 5.41) is 0. The normalized spacial score (nSPS) is 13.6. The molecule has 0 aromatic rings. The second-order valence-corrected chi connectivity index (χ2v) is 31.1. The number of carbonyl (C=O) groups is 4. The van der Waals surface area contributed by atoms with Gasteiger partial charge in [0.25, 0.3) is 0 Å². The first-order valence-corrected chi connectivity index (χ1v) is 27.0. The van der Waals surface area contributed by atoms with Crippen LogP contribution < -0.4 is 0 Å². The van der Waals surface area contributed by atoms with Gasteiger partial charge in [-0.25, -0.2) is 19.2 Å². The van der Waals surface area contributed by atoms with Gasteiger partial charge in [-0.3, -0.25) is 0 Å². The van der Waals surface area contributed by atoms with E-state index in [4.69, 9.17) is 18.9 Å². The fourth-order valence-electron chi connectivity index (χ4n) is 7.50. The molecule has 0 amide bonds. The second kappa shape index (κ2) is 23.9. The van der Waals surface area contributed by atoms with Gasteiger partial charge >= 0.3 is 23.9 Å². The molecule has 0 fully saturated rings. The third-order valence-electron chi connectivity index (χ3n) is 10.3. The Morgan fingerprint density at radius 3 is 0.800 bits per heavy atom. The van der Waals surface area contributed by atoms with E-state index in [2.05, 4.69) is 153 Å². The van der Waals surface area contributed by atoms with E-state index in [0.29, 0.717) is 52.9 Å². The average Bonchev–Trinajstić information content (AvgIpc) is 3.84. The number of methoxy groups -OCH3 is 4. The molecule has 60 heavy (non-hydrogen) atoms. The number of hydrogen-bond donors (Lipinski definition) is 0. The molecule has 2 aliphatic rings. The molecule has 2 rings (SSSR count). The van der Waals surface area contributed by atoms with Gasteiger partial charge in [0.15, 0.2) is 0 Å². The van der Waals surface area contributed by atoms with E-state index < -0.39 is 40.0 Å². The largest absolute Gasteiger partial charge is 0.465 e. The molecule has 14 heteroatoms. The molecular weight excluding hydrogens is 865 g/mol. The molecule has 0 N–H and O–H groups in total. The first kappa shape index (κ1) is 52.2. The lowest BCUT2D eigenvalue weighted by atomic mass is 10.3. The summed E-state index contributed by atoms with van der Waals surface area (Å²) in [5.74, 6) is 26.9. The Labute approximate surface area is 377 Å². The van der Waals surface area contributed by atoms with E-state index in [1.807, 2.05) is 0 Å². The summed E-state index contributed by atoms with van der Waals surface area (Å²) in [6, 6.07) is 0. The van der Waals surface area contributed by atoms with Crippen molar-refractivity contribution in [3.8, 4) is 70.3 Å². The van der Waals surface area contributed by atoms with Crippen molar-refractivity contribution < 1.29 is 38.1 Å². The van der Waals surface area contributed by atoms with Gasteiger partial charge in [-0.15, -0.1) is 11.1 Å². The summed E-state index contributed by atoms with van der Waals surface area (Å²) in [7, 11) is 0.621. The van der Waals surface area contributed by atoms with Gasteiger partial charge in [-0.1, -0.05) is 142 Å². The van der Waals surface area contributed by atoms with Gasteiger partial charge in [0.05, 0.1) is 48.1 Å². The zero-order valence-electron chi connectivity index (χ0n) is 37.4. The molecule has 0 aromatic heterocycles. The highest BCUT2D eigenvalue weighted by Gasteiger charge is 2.43. The molecule has 0 bridgehead atoms. The molecule has 2 heterocycles. The van der Waals surface area contributed by atoms with Crippen LogP contribution in [0.4, 0.5) is 0 Å². The zero-order valence-corrected chi connectivity index (χ0v) is 42.6. The van der Waals surface area contributed by atoms with Crippen molar-refractivity contribution in [3.05, 3.63) is 39.2 Å². The Morgan fingerprint density at radius 2 is 0.600 bits per heavy atom. The number of ether oxygens (including phenoxy) is 4. The molecule has 0 aliphatic carbocycles. The maximum Gasteiger partial charge on any atom is 0.346 e. The molecule has 0 atom stereocenters. The summed E-state index contributed by atoms with van der Waals surface area (Å²) >= 11 is 4.30. The quantitative estimate of drug-likeness (QED) is 0.0902. The number of thioether (sulfide) groups is 4. The summed E-state index contributed by atoms with van der Waals surface area (Å²) < 4.78 is 20.9. The highest BCUT2D eigenvalue weighted by molar-refractivity contribution is 8.29. The maximum absolute atomic E-state index is 12.7. The third-order valence-corrected chi connectivity index (χ3v) is 28.0. The Bertz CT molecular complexity index is 2000. The first-order valence-electron chi connectivity index (χ1n) is 19.3. The van der Waals surface area contributed by atoms with Crippen LogP contribution in [0.15, 0.2) is 39.2 Å². The Hall–Kier alpha value is -3.97. The third kappa shape index (κ3) is 12.3. The van der Waals surface area contributed by atoms with Crippen molar-refractivity contribution in [2.75, 3.05) is 28.4 Å². The molecule has 8 nitrogen and oxygen atoms in total. The molecular formula is C46H54O8S4Si2. The fourth-order valence-corrected chi connectivity index (χ4v) is 22.7. The van der Waals surface area contributed by atoms with Crippen LogP contribution >= 0.6 is 47.0 Å². The smallest absolute Gasteiger partial charge is 0.346 e. The minimum atomic E-state index is -2.19. The Balaban J connectivity index is 2.76. The predicted molar refractivity (Wildman–Crippen MR) is 255 cm³/mol. The molecule has 2 aliphatic heterocycles. The summed E-state index contributed by atoms with van der Waals surface area (Å²) in [6.45, 7) is 26.5. The minimum absolute atomic E-state index is 0.110. The van der Waals surface area contributed by atoms with E-state index in [-0.39, 0.29) is 19.6 Å². The van der Waals surface area contributed by atoms with Crippen LogP contribution in [0.5, 0.6) is 0 Å². The van der Waals surface area contributed by atoms with Crippen LogP contribution in [0.25, 0.3) is 0 Å². The van der Waals surface area contributed by atoms with Crippen molar-refractivity contribution in [1.29, 1.82) is 0 Å². The zero-order chi connectivity index (χ0) is 45.5. The number of allylic oxidation sites excluding steroid dienone is 2. The van der Waals surface area contributed by atoms with Gasteiger partial charge in [-0.2, -0.15) is 0 Å². The molecule has 0 saturated heterocycles. The highest BCUT2D eigenvalue weighted by Crippen LogP contribution is 2.52. The summed E-state index contributed by atoms with van der Waals surface area (Å²) in [6.07, 6.45) is 0. The highest BCUT2D eigenvalue weighted by atomic mass is 32.2. The van der Waals surface area contributed by atoms with Crippen molar-refractivity contribution in [2.24, 2.45) is 0 Å². The summed E-state index contributed by atoms with van der Waals surface area (Å²) in [4.78, 5) is 51.1. The van der Waals surface area contributed by atoms with Crippen molar-refractivity contribution in [3.63, 3.8) is 0 Å². The Morgan fingerprint density at radius 1 is 0.383 bits per heavy atom. The topological polar surface area (TPSA) is 105 Å². The van der Waals surface area contributed by atoms with E-state index in [1.54, 1.807) is 0 Å². The monoisotopic (exact) mass is 918 g/mol. The minimum Gasteiger partial charge on any atom is -0.465 e. The number of rotatable bonds is 10. The van der Waals surface area contributed by atoms with Gasteiger partial charge < -0.3 is 18.9 Å². The molecule has 0 unspecified atom stereocenters. The Kier molecular flexibility index (Phi) is 20.8. The van der Waals surface area contributed by atoms with Crippen LogP contribution in [0.3, 0.4) is 0 Å². The summed E-state index contributed by atoms with van der Waals surface area (Å²) in [5.41, 5.74) is 10.4. The van der Waals surface area contributed by atoms with Gasteiger partial charge in [0, 0.05) is 0 Å². The van der Waals surface area contributed by atoms with Crippen LogP contribution in [-0.4, -0.2) is 68.5 Å². The van der Waals surface area contributed by atoms with Gasteiger partial charge in [0.2, 0.25) is 0 Å². The molecule has 0 radical (unpaired) electrons. The lowest BCUT2D eigenvalue weighted by Gasteiger charge is -2.38. The van der Waals surface area contributed by atoms with Gasteiger partial charge in [0.1, 0.15) is 35.8 Å². The van der Waals surface area contributed by atoms with E-state index in [1.165, 1.54) is 28.4 Å². The first-order chi connectivity index (χ1) is 28.2. The van der Waals surface area contributed by atoms with Crippen molar-refractivity contribution in [2.45, 2.75) is 116 Å².